The molecule has 0 saturated carbocycles. The highest BCUT2D eigenvalue weighted by Crippen LogP contribution is 2.18. The van der Waals surface area contributed by atoms with Crippen molar-refractivity contribution >= 4 is 0 Å². The van der Waals surface area contributed by atoms with Gasteiger partial charge in [-0.15, -0.1) is 0 Å². The summed E-state index contributed by atoms with van der Waals surface area (Å²) < 4.78 is 10.4. The van der Waals surface area contributed by atoms with E-state index in [1.807, 2.05) is 24.3 Å². The fourth-order valence-electron chi connectivity index (χ4n) is 1.02. The van der Waals surface area contributed by atoms with Crippen LogP contribution in [-0.2, 0) is 9.47 Å². The molecule has 2 nitrogen and oxygen atoms in total. The van der Waals surface area contributed by atoms with Crippen LogP contribution in [0.1, 0.15) is 0 Å². The molecule has 2 aliphatic heterocycles. The van der Waals surface area contributed by atoms with Gasteiger partial charge < -0.3 is 9.47 Å². The predicted molar refractivity (Wildman–Crippen MR) is 37.2 cm³/mol. The van der Waals surface area contributed by atoms with E-state index in [0.717, 1.165) is 5.57 Å². The third kappa shape index (κ3) is 0.866. The third-order valence-corrected chi connectivity index (χ3v) is 1.50. The van der Waals surface area contributed by atoms with E-state index in [2.05, 4.69) is 0 Å². The van der Waals surface area contributed by atoms with Gasteiger partial charge in [0.2, 0.25) is 6.29 Å². The van der Waals surface area contributed by atoms with Crippen molar-refractivity contribution in [2.24, 2.45) is 0 Å². The summed E-state index contributed by atoms with van der Waals surface area (Å²) in [7, 11) is 0. The van der Waals surface area contributed by atoms with Gasteiger partial charge in [-0.05, 0) is 12.2 Å². The van der Waals surface area contributed by atoms with Crippen molar-refractivity contribution in [3.05, 3.63) is 36.1 Å². The van der Waals surface area contributed by atoms with Gasteiger partial charge in [-0.2, -0.15) is 0 Å². The van der Waals surface area contributed by atoms with Crippen LogP contribution in [0.25, 0.3) is 0 Å². The van der Waals surface area contributed by atoms with Gasteiger partial charge in [0.25, 0.3) is 0 Å². The number of rotatable bonds is 0. The van der Waals surface area contributed by atoms with E-state index in [1.165, 1.54) is 0 Å². The average molecular weight is 136 g/mol. The molecule has 10 heavy (non-hydrogen) atoms. The highest BCUT2D eigenvalue weighted by molar-refractivity contribution is 5.29. The molecule has 0 N–H and O–H groups in total. The smallest absolute Gasteiger partial charge is 0.226 e. The predicted octanol–water partition coefficient (Wildman–Crippen LogP) is 1.37. The van der Waals surface area contributed by atoms with Crippen LogP contribution in [0, 0.1) is 0 Å². The van der Waals surface area contributed by atoms with E-state index < -0.39 is 0 Å². The Hall–Kier alpha value is -1.02. The quantitative estimate of drug-likeness (QED) is 0.500. The second-order valence-corrected chi connectivity index (χ2v) is 2.20. The molecule has 0 amide bonds. The van der Waals surface area contributed by atoms with Crippen molar-refractivity contribution in [1.29, 1.82) is 0 Å². The molecule has 0 aromatic rings. The van der Waals surface area contributed by atoms with Crippen molar-refractivity contribution in [2.75, 3.05) is 6.61 Å². The fourth-order valence-corrected chi connectivity index (χ4v) is 1.02. The van der Waals surface area contributed by atoms with Crippen molar-refractivity contribution in [1.82, 2.24) is 0 Å². The lowest BCUT2D eigenvalue weighted by Crippen LogP contribution is -2.21. The zero-order valence-electron chi connectivity index (χ0n) is 5.49. The molecule has 0 spiro atoms. The molecule has 0 aromatic heterocycles. The van der Waals surface area contributed by atoms with E-state index in [-0.39, 0.29) is 6.29 Å². The topological polar surface area (TPSA) is 18.5 Å². The summed E-state index contributed by atoms with van der Waals surface area (Å²) >= 11 is 0. The minimum atomic E-state index is -0.157. The van der Waals surface area contributed by atoms with Crippen LogP contribution in [0.5, 0.6) is 0 Å². The molecule has 2 heterocycles. The summed E-state index contributed by atoms with van der Waals surface area (Å²) in [5, 5.41) is 0. The van der Waals surface area contributed by atoms with E-state index in [0.29, 0.717) is 6.61 Å². The van der Waals surface area contributed by atoms with E-state index in [9.17, 15) is 0 Å². The fraction of sp³-hybridized carbons (Fsp3) is 0.250. The van der Waals surface area contributed by atoms with Crippen LogP contribution in [-0.4, -0.2) is 12.9 Å². The van der Waals surface area contributed by atoms with Crippen LogP contribution >= 0.6 is 0 Å². The van der Waals surface area contributed by atoms with E-state index >= 15 is 0 Å². The normalized spacial score (nSPS) is 28.8. The molecule has 1 atom stereocenters. The summed E-state index contributed by atoms with van der Waals surface area (Å²) in [6.07, 6.45) is 9.35. The van der Waals surface area contributed by atoms with Crippen LogP contribution < -0.4 is 0 Å². The van der Waals surface area contributed by atoms with Gasteiger partial charge in [0, 0.05) is 5.57 Å². The number of ether oxygens (including phenoxy) is 2. The van der Waals surface area contributed by atoms with Crippen LogP contribution in [0.4, 0.5) is 0 Å². The summed E-state index contributed by atoms with van der Waals surface area (Å²) in [5.41, 5.74) is 1.09. The molecule has 2 heteroatoms. The molecule has 1 unspecified atom stereocenters. The first kappa shape index (κ1) is 5.74. The lowest BCUT2D eigenvalue weighted by molar-refractivity contribution is -0.0733. The summed E-state index contributed by atoms with van der Waals surface area (Å²) in [6.45, 7) is 0.649. The van der Waals surface area contributed by atoms with Gasteiger partial charge in [0.1, 0.15) is 0 Å². The highest BCUT2D eigenvalue weighted by atomic mass is 16.7. The lowest BCUT2D eigenvalue weighted by Gasteiger charge is -2.22. The second kappa shape index (κ2) is 2.31. The largest absolute Gasteiger partial charge is 0.468 e. The van der Waals surface area contributed by atoms with Gasteiger partial charge in [0.05, 0.1) is 12.9 Å². The van der Waals surface area contributed by atoms with E-state index in [1.54, 1.807) is 6.26 Å². The SMILES string of the molecule is C1=COC2OCC=CC2=C1. The summed E-state index contributed by atoms with van der Waals surface area (Å²) in [4.78, 5) is 0. The maximum Gasteiger partial charge on any atom is 0.226 e. The van der Waals surface area contributed by atoms with Gasteiger partial charge >= 0.3 is 0 Å². The van der Waals surface area contributed by atoms with E-state index in [4.69, 9.17) is 9.47 Å². The second-order valence-electron chi connectivity index (χ2n) is 2.20. The Morgan fingerprint density at radius 1 is 1.50 bits per heavy atom. The Kier molecular flexibility index (Phi) is 1.32. The number of hydrogen-bond acceptors (Lipinski definition) is 2. The average Bonchev–Trinajstić information content (AvgIpc) is 2.05. The van der Waals surface area contributed by atoms with Crippen LogP contribution in [0.3, 0.4) is 0 Å². The molecule has 0 aromatic carbocycles. The molecular formula is C8H8O2. The first-order valence-corrected chi connectivity index (χ1v) is 3.27. The van der Waals surface area contributed by atoms with Crippen LogP contribution in [0.2, 0.25) is 0 Å². The third-order valence-electron chi connectivity index (χ3n) is 1.50. The van der Waals surface area contributed by atoms with Gasteiger partial charge in [-0.25, -0.2) is 0 Å². The monoisotopic (exact) mass is 136 g/mol. The molecule has 52 valence electrons. The Balaban J connectivity index is 2.27. The van der Waals surface area contributed by atoms with Crippen LogP contribution in [0.15, 0.2) is 36.1 Å². The molecule has 2 rings (SSSR count). The molecule has 0 bridgehead atoms. The number of hydrogen-bond donors (Lipinski definition) is 0. The first-order valence-electron chi connectivity index (χ1n) is 3.27. The Morgan fingerprint density at radius 3 is 3.40 bits per heavy atom. The lowest BCUT2D eigenvalue weighted by atomic mass is 10.2. The minimum Gasteiger partial charge on any atom is -0.468 e. The molecule has 2 aliphatic rings. The Bertz CT molecular complexity index is 213. The summed E-state index contributed by atoms with van der Waals surface area (Å²) in [6, 6.07) is 0. The Morgan fingerprint density at radius 2 is 2.50 bits per heavy atom. The summed E-state index contributed by atoms with van der Waals surface area (Å²) in [5.74, 6) is 0. The molecule has 0 radical (unpaired) electrons. The van der Waals surface area contributed by atoms with Crippen molar-refractivity contribution in [2.45, 2.75) is 6.29 Å². The maximum atomic E-state index is 5.25. The maximum absolute atomic E-state index is 5.25. The van der Waals surface area contributed by atoms with Crippen molar-refractivity contribution in [3.63, 3.8) is 0 Å². The van der Waals surface area contributed by atoms with Gasteiger partial charge in [-0.1, -0.05) is 12.2 Å². The molecular weight excluding hydrogens is 128 g/mol. The molecule has 0 aliphatic carbocycles. The number of allylic oxidation sites excluding steroid dienone is 2. The van der Waals surface area contributed by atoms with Gasteiger partial charge in [-0.3, -0.25) is 0 Å². The number of fused-ring (bicyclic) bond motifs is 1. The molecule has 0 fully saturated rings. The van der Waals surface area contributed by atoms with Gasteiger partial charge in [0.15, 0.2) is 0 Å². The zero-order valence-corrected chi connectivity index (χ0v) is 5.49. The first-order chi connectivity index (χ1) is 4.97. The van der Waals surface area contributed by atoms with Crippen molar-refractivity contribution < 1.29 is 9.47 Å². The van der Waals surface area contributed by atoms with Crippen molar-refractivity contribution in [3.8, 4) is 0 Å². The molecule has 0 saturated heterocycles. The highest BCUT2D eigenvalue weighted by Gasteiger charge is 2.16. The minimum absolute atomic E-state index is 0.157. The zero-order chi connectivity index (χ0) is 6.81. The Labute approximate surface area is 59.4 Å². The standard InChI is InChI=1S/C8H8O2/c1-3-7-4-2-6-10-8(7)9-5-1/h1-5,8H,6H2.